The van der Waals surface area contributed by atoms with Gasteiger partial charge < -0.3 is 9.32 Å². The van der Waals surface area contributed by atoms with Crippen LogP contribution < -0.4 is 0 Å². The first kappa shape index (κ1) is 17.8. The highest BCUT2D eigenvalue weighted by Gasteiger charge is 2.33. The molecule has 4 heteroatoms. The van der Waals surface area contributed by atoms with E-state index >= 15 is 0 Å². The summed E-state index contributed by atoms with van der Waals surface area (Å²) < 4.78 is 5.59. The fraction of sp³-hybridized carbons (Fsp3) is 0.348. The SMILES string of the molecule is CCN(C(=O)c1coc2ccccc12)C1CCN(C(C)c2ccccc2)C1. The first-order chi connectivity index (χ1) is 13.2. The molecular weight excluding hydrogens is 336 g/mol. The van der Waals surface area contributed by atoms with Crippen molar-refractivity contribution in [3.63, 3.8) is 0 Å². The lowest BCUT2D eigenvalue weighted by atomic mass is 10.1. The molecule has 0 bridgehead atoms. The molecule has 0 radical (unpaired) electrons. The van der Waals surface area contributed by atoms with E-state index in [1.807, 2.05) is 29.2 Å². The molecular formula is C23H26N2O2. The topological polar surface area (TPSA) is 36.7 Å². The summed E-state index contributed by atoms with van der Waals surface area (Å²) in [5, 5.41) is 0.897. The molecule has 2 heterocycles. The molecule has 2 unspecified atom stereocenters. The summed E-state index contributed by atoms with van der Waals surface area (Å²) in [7, 11) is 0. The van der Waals surface area contributed by atoms with E-state index in [1.54, 1.807) is 6.26 Å². The Morgan fingerprint density at radius 1 is 1.19 bits per heavy atom. The van der Waals surface area contributed by atoms with Crippen LogP contribution in [0.3, 0.4) is 0 Å². The van der Waals surface area contributed by atoms with Crippen molar-refractivity contribution < 1.29 is 9.21 Å². The van der Waals surface area contributed by atoms with Crippen LogP contribution in [0.25, 0.3) is 11.0 Å². The molecule has 0 saturated carbocycles. The maximum absolute atomic E-state index is 13.2. The van der Waals surface area contributed by atoms with E-state index in [4.69, 9.17) is 4.42 Å². The number of para-hydroxylation sites is 1. The second kappa shape index (κ2) is 7.57. The number of hydrogen-bond acceptors (Lipinski definition) is 3. The number of amides is 1. The Balaban J connectivity index is 1.51. The van der Waals surface area contributed by atoms with Crippen LogP contribution in [-0.4, -0.2) is 41.4 Å². The van der Waals surface area contributed by atoms with Gasteiger partial charge in [-0.25, -0.2) is 0 Å². The van der Waals surface area contributed by atoms with Crippen molar-refractivity contribution in [3.05, 3.63) is 72.0 Å². The van der Waals surface area contributed by atoms with Crippen LogP contribution in [0.5, 0.6) is 0 Å². The van der Waals surface area contributed by atoms with Gasteiger partial charge in [0.1, 0.15) is 11.8 Å². The van der Waals surface area contributed by atoms with E-state index < -0.39 is 0 Å². The third kappa shape index (κ3) is 3.37. The molecule has 4 nitrogen and oxygen atoms in total. The molecule has 1 amide bonds. The molecule has 0 aliphatic carbocycles. The number of fused-ring (bicyclic) bond motifs is 1. The predicted molar refractivity (Wildman–Crippen MR) is 108 cm³/mol. The van der Waals surface area contributed by atoms with Crippen LogP contribution in [0.2, 0.25) is 0 Å². The van der Waals surface area contributed by atoms with Crippen molar-refractivity contribution in [2.45, 2.75) is 32.4 Å². The Labute approximate surface area is 160 Å². The van der Waals surface area contributed by atoms with Crippen molar-refractivity contribution in [3.8, 4) is 0 Å². The van der Waals surface area contributed by atoms with E-state index in [-0.39, 0.29) is 11.9 Å². The van der Waals surface area contributed by atoms with E-state index in [1.165, 1.54) is 5.56 Å². The lowest BCUT2D eigenvalue weighted by Gasteiger charge is -2.29. The quantitative estimate of drug-likeness (QED) is 0.658. The lowest BCUT2D eigenvalue weighted by Crippen LogP contribution is -2.42. The molecule has 3 aromatic rings. The number of likely N-dealkylation sites (tertiary alicyclic amines) is 1. The standard InChI is InChI=1S/C23H26N2O2/c1-3-25(23(26)21-16-27-22-12-8-7-11-20(21)22)19-13-14-24(15-19)17(2)18-9-5-4-6-10-18/h4-12,16-17,19H,3,13-15H2,1-2H3. The van der Waals surface area contributed by atoms with Gasteiger partial charge in [-0.2, -0.15) is 0 Å². The summed E-state index contributed by atoms with van der Waals surface area (Å²) in [6.07, 6.45) is 2.61. The van der Waals surface area contributed by atoms with Crippen LogP contribution in [0.15, 0.2) is 65.3 Å². The number of furan rings is 1. The molecule has 1 aliphatic heterocycles. The number of hydrogen-bond donors (Lipinski definition) is 0. The fourth-order valence-corrected chi connectivity index (χ4v) is 4.18. The molecule has 27 heavy (non-hydrogen) atoms. The smallest absolute Gasteiger partial charge is 0.258 e. The van der Waals surface area contributed by atoms with Crippen molar-refractivity contribution in [2.24, 2.45) is 0 Å². The highest BCUT2D eigenvalue weighted by Crippen LogP contribution is 2.29. The Morgan fingerprint density at radius 3 is 2.70 bits per heavy atom. The number of rotatable bonds is 5. The van der Waals surface area contributed by atoms with Crippen molar-refractivity contribution >= 4 is 16.9 Å². The first-order valence-corrected chi connectivity index (χ1v) is 9.75. The zero-order valence-electron chi connectivity index (χ0n) is 16.0. The molecule has 140 valence electrons. The maximum Gasteiger partial charge on any atom is 0.258 e. The zero-order chi connectivity index (χ0) is 18.8. The molecule has 2 aromatic carbocycles. The normalized spacial score (nSPS) is 18.7. The number of carbonyl (C=O) groups excluding carboxylic acids is 1. The molecule has 1 saturated heterocycles. The highest BCUT2D eigenvalue weighted by atomic mass is 16.3. The number of carbonyl (C=O) groups is 1. The van der Waals surface area contributed by atoms with Crippen LogP contribution in [0, 0.1) is 0 Å². The van der Waals surface area contributed by atoms with Gasteiger partial charge in [-0.05, 0) is 31.9 Å². The van der Waals surface area contributed by atoms with Gasteiger partial charge in [0.15, 0.2) is 0 Å². The summed E-state index contributed by atoms with van der Waals surface area (Å²) in [5.41, 5.74) is 2.76. The fourth-order valence-electron chi connectivity index (χ4n) is 4.18. The molecule has 2 atom stereocenters. The highest BCUT2D eigenvalue weighted by molar-refractivity contribution is 6.06. The van der Waals surface area contributed by atoms with Crippen LogP contribution in [0.4, 0.5) is 0 Å². The van der Waals surface area contributed by atoms with Crippen molar-refractivity contribution in [1.82, 2.24) is 9.80 Å². The maximum atomic E-state index is 13.2. The minimum absolute atomic E-state index is 0.0710. The summed E-state index contributed by atoms with van der Waals surface area (Å²) in [6, 6.07) is 18.9. The van der Waals surface area contributed by atoms with Gasteiger partial charge in [0, 0.05) is 37.1 Å². The summed E-state index contributed by atoms with van der Waals surface area (Å²) >= 11 is 0. The number of nitrogens with zero attached hydrogens (tertiary/aromatic N) is 2. The predicted octanol–water partition coefficient (Wildman–Crippen LogP) is 4.73. The van der Waals surface area contributed by atoms with Gasteiger partial charge in [-0.3, -0.25) is 9.69 Å². The minimum Gasteiger partial charge on any atom is -0.463 e. The van der Waals surface area contributed by atoms with E-state index in [2.05, 4.69) is 49.1 Å². The van der Waals surface area contributed by atoms with Gasteiger partial charge in [0.25, 0.3) is 5.91 Å². The number of benzene rings is 2. The summed E-state index contributed by atoms with van der Waals surface area (Å²) in [4.78, 5) is 17.7. The van der Waals surface area contributed by atoms with E-state index in [9.17, 15) is 4.79 Å². The average Bonchev–Trinajstić information content (AvgIpc) is 3.36. The van der Waals surface area contributed by atoms with Gasteiger partial charge in [0.05, 0.1) is 5.56 Å². The largest absolute Gasteiger partial charge is 0.463 e. The van der Waals surface area contributed by atoms with Gasteiger partial charge in [0.2, 0.25) is 0 Å². The second-order valence-corrected chi connectivity index (χ2v) is 7.26. The van der Waals surface area contributed by atoms with Crippen LogP contribution >= 0.6 is 0 Å². The monoisotopic (exact) mass is 362 g/mol. The minimum atomic E-state index is 0.0710. The zero-order valence-corrected chi connectivity index (χ0v) is 16.0. The molecule has 1 fully saturated rings. The van der Waals surface area contributed by atoms with E-state index in [0.717, 1.165) is 30.5 Å². The third-order valence-corrected chi connectivity index (χ3v) is 5.78. The summed E-state index contributed by atoms with van der Waals surface area (Å²) in [5.74, 6) is 0.0710. The third-order valence-electron chi connectivity index (χ3n) is 5.78. The van der Waals surface area contributed by atoms with Crippen LogP contribution in [-0.2, 0) is 0 Å². The lowest BCUT2D eigenvalue weighted by molar-refractivity contribution is 0.0690. The van der Waals surface area contributed by atoms with Crippen LogP contribution in [0.1, 0.15) is 42.2 Å². The number of likely N-dealkylation sites (N-methyl/N-ethyl adjacent to an activating group) is 1. The van der Waals surface area contributed by atoms with Gasteiger partial charge in [-0.15, -0.1) is 0 Å². The summed E-state index contributed by atoms with van der Waals surface area (Å²) in [6.45, 7) is 6.93. The molecule has 1 aliphatic rings. The van der Waals surface area contributed by atoms with E-state index in [0.29, 0.717) is 18.2 Å². The Morgan fingerprint density at radius 2 is 1.93 bits per heavy atom. The molecule has 0 N–H and O–H groups in total. The molecule has 1 aromatic heterocycles. The average molecular weight is 362 g/mol. The first-order valence-electron chi connectivity index (χ1n) is 9.75. The Kier molecular flexibility index (Phi) is 4.99. The van der Waals surface area contributed by atoms with Crippen molar-refractivity contribution in [1.29, 1.82) is 0 Å². The molecule has 0 spiro atoms. The van der Waals surface area contributed by atoms with Crippen molar-refractivity contribution in [2.75, 3.05) is 19.6 Å². The Hall–Kier alpha value is -2.59. The van der Waals surface area contributed by atoms with Gasteiger partial charge >= 0.3 is 0 Å². The van der Waals surface area contributed by atoms with Gasteiger partial charge in [-0.1, -0.05) is 48.5 Å². The second-order valence-electron chi connectivity index (χ2n) is 7.26. The Bertz CT molecular complexity index is 918. The molecule has 4 rings (SSSR count).